The Hall–Kier alpha value is -0.850. The number of allylic oxidation sites excluding steroid dienone is 2. The molecule has 0 aromatic heterocycles. The van der Waals surface area contributed by atoms with Crippen molar-refractivity contribution in [2.75, 3.05) is 13.6 Å². The van der Waals surface area contributed by atoms with Crippen LogP contribution in [0.1, 0.15) is 0 Å². The van der Waals surface area contributed by atoms with E-state index in [0.717, 1.165) is 12.1 Å². The Morgan fingerprint density at radius 3 is 2.88 bits per heavy atom. The Balaban J connectivity index is 2.74. The van der Waals surface area contributed by atoms with Crippen LogP contribution in [0.2, 0.25) is 0 Å². The number of likely N-dealkylation sites (N-methyl/N-ethyl adjacent to an activating group) is 1. The summed E-state index contributed by atoms with van der Waals surface area (Å²) in [5.41, 5.74) is 1.08. The molecule has 0 aromatic carbocycles. The average molecular weight is 108 g/mol. The van der Waals surface area contributed by atoms with E-state index in [0.29, 0.717) is 0 Å². The van der Waals surface area contributed by atoms with Crippen molar-refractivity contribution in [2.24, 2.45) is 0 Å². The second-order valence-corrected chi connectivity index (χ2v) is 2.05. The first kappa shape index (κ1) is 5.29. The van der Waals surface area contributed by atoms with Gasteiger partial charge in [-0.1, -0.05) is 6.58 Å². The number of rotatable bonds is 0. The van der Waals surface area contributed by atoms with E-state index in [4.69, 9.17) is 0 Å². The summed E-state index contributed by atoms with van der Waals surface area (Å²) in [5.74, 6) is 0. The van der Waals surface area contributed by atoms with Gasteiger partial charge >= 0.3 is 0 Å². The van der Waals surface area contributed by atoms with E-state index < -0.39 is 0 Å². The molecule has 0 radical (unpaired) electrons. The van der Waals surface area contributed by atoms with Crippen molar-refractivity contribution in [1.29, 1.82) is 0 Å². The van der Waals surface area contributed by atoms with Crippen molar-refractivity contribution in [2.45, 2.75) is 0 Å². The van der Waals surface area contributed by atoms with E-state index in [9.17, 15) is 0 Å². The van der Waals surface area contributed by atoms with Crippen molar-refractivity contribution in [3.8, 4) is 0 Å². The molecular weight excluding hydrogens is 98.1 g/mol. The van der Waals surface area contributed by atoms with Gasteiger partial charge < -0.3 is 0 Å². The van der Waals surface area contributed by atoms with E-state index in [1.54, 1.807) is 0 Å². The Morgan fingerprint density at radius 2 is 2.50 bits per heavy atom. The third kappa shape index (κ3) is 1.06. The van der Waals surface area contributed by atoms with Crippen molar-refractivity contribution in [3.05, 3.63) is 24.3 Å². The summed E-state index contributed by atoms with van der Waals surface area (Å²) in [7, 11) is 2.04. The molecule has 1 heteroatoms. The highest BCUT2D eigenvalue weighted by atomic mass is 14.9. The minimum atomic E-state index is 1.01. The van der Waals surface area contributed by atoms with Gasteiger partial charge in [-0.05, 0) is 12.2 Å². The molecule has 0 spiro atoms. The lowest BCUT2D eigenvalue weighted by Crippen LogP contribution is -2.10. The van der Waals surface area contributed by atoms with E-state index >= 15 is 0 Å². The Bertz CT molecular complexity index is 163. The van der Waals surface area contributed by atoms with Crippen molar-refractivity contribution in [1.82, 2.24) is 0 Å². The van der Waals surface area contributed by atoms with Crippen LogP contribution >= 0.6 is 0 Å². The van der Waals surface area contributed by atoms with Crippen LogP contribution in [-0.2, 0) is 0 Å². The summed E-state index contributed by atoms with van der Waals surface area (Å²) in [6, 6.07) is 0. The van der Waals surface area contributed by atoms with E-state index in [2.05, 4.69) is 17.2 Å². The smallest absolute Gasteiger partial charge is 0.170 e. The lowest BCUT2D eigenvalue weighted by atomic mass is 10.2. The molecule has 1 nitrogen and oxygen atoms in total. The van der Waals surface area contributed by atoms with Gasteiger partial charge in [-0.25, -0.2) is 4.58 Å². The van der Waals surface area contributed by atoms with Gasteiger partial charge in [-0.15, -0.1) is 0 Å². The maximum atomic E-state index is 3.78. The van der Waals surface area contributed by atoms with Gasteiger partial charge in [0.05, 0.1) is 0 Å². The minimum absolute atomic E-state index is 1.01. The molecule has 42 valence electrons. The second kappa shape index (κ2) is 1.95. The normalized spacial score (nSPS) is 18.6. The van der Waals surface area contributed by atoms with Gasteiger partial charge in [0, 0.05) is 5.57 Å². The molecule has 0 aliphatic carbocycles. The zero-order valence-corrected chi connectivity index (χ0v) is 5.09. The van der Waals surface area contributed by atoms with Crippen molar-refractivity contribution >= 4 is 6.21 Å². The Kier molecular flexibility index (Phi) is 1.29. The summed E-state index contributed by atoms with van der Waals surface area (Å²) >= 11 is 0. The summed E-state index contributed by atoms with van der Waals surface area (Å²) in [6.45, 7) is 4.79. The molecule has 1 rings (SSSR count). The molecule has 0 bridgehead atoms. The van der Waals surface area contributed by atoms with Gasteiger partial charge in [0.2, 0.25) is 0 Å². The molecule has 0 saturated heterocycles. The van der Waals surface area contributed by atoms with Crippen LogP contribution in [0.5, 0.6) is 0 Å². The molecule has 0 saturated carbocycles. The standard InChI is InChI=1S/C7H10N/c1-7-4-3-5-8(2)6-7/h3-4,6H,1,5H2,2H3/q+1. The fourth-order valence-corrected chi connectivity index (χ4v) is 0.749. The minimum Gasteiger partial charge on any atom is -0.234 e. The monoisotopic (exact) mass is 108 g/mol. The molecule has 0 fully saturated rings. The summed E-state index contributed by atoms with van der Waals surface area (Å²) < 4.78 is 2.10. The number of hydrogen-bond donors (Lipinski definition) is 0. The Labute approximate surface area is 49.6 Å². The first-order valence-corrected chi connectivity index (χ1v) is 2.69. The van der Waals surface area contributed by atoms with Gasteiger partial charge in [0.1, 0.15) is 7.05 Å². The second-order valence-electron chi connectivity index (χ2n) is 2.05. The molecule has 8 heavy (non-hydrogen) atoms. The number of nitrogens with zero attached hydrogens (tertiary/aromatic N) is 1. The quantitative estimate of drug-likeness (QED) is 0.404. The molecule has 0 N–H and O–H groups in total. The third-order valence-corrected chi connectivity index (χ3v) is 1.11. The zero-order chi connectivity index (χ0) is 5.98. The summed E-state index contributed by atoms with van der Waals surface area (Å²) in [4.78, 5) is 0. The van der Waals surface area contributed by atoms with Gasteiger partial charge in [-0.3, -0.25) is 0 Å². The highest BCUT2D eigenvalue weighted by Crippen LogP contribution is 1.92. The molecule has 1 aliphatic heterocycles. The first-order chi connectivity index (χ1) is 3.79. The fraction of sp³-hybridized carbons (Fsp3) is 0.286. The SMILES string of the molecule is C=C1C=CC[N+](C)=C1. The summed E-state index contributed by atoms with van der Waals surface area (Å²) in [5, 5.41) is 0. The lowest BCUT2D eigenvalue weighted by Gasteiger charge is -1.96. The number of hydrogen-bond acceptors (Lipinski definition) is 0. The highest BCUT2D eigenvalue weighted by Gasteiger charge is 1.97. The van der Waals surface area contributed by atoms with E-state index in [1.807, 2.05) is 19.3 Å². The predicted octanol–water partition coefficient (Wildman–Crippen LogP) is 0.825. The van der Waals surface area contributed by atoms with Gasteiger partial charge in [-0.2, -0.15) is 0 Å². The van der Waals surface area contributed by atoms with Crippen LogP contribution in [0.3, 0.4) is 0 Å². The molecular formula is C7H10N+. The molecule has 0 amide bonds. The molecule has 0 unspecified atom stereocenters. The first-order valence-electron chi connectivity index (χ1n) is 2.69. The van der Waals surface area contributed by atoms with Crippen molar-refractivity contribution in [3.63, 3.8) is 0 Å². The van der Waals surface area contributed by atoms with Crippen LogP contribution in [-0.4, -0.2) is 24.4 Å². The van der Waals surface area contributed by atoms with Gasteiger partial charge in [0.25, 0.3) is 0 Å². The topological polar surface area (TPSA) is 3.01 Å². The van der Waals surface area contributed by atoms with E-state index in [1.165, 1.54) is 0 Å². The molecule has 1 heterocycles. The Morgan fingerprint density at radius 1 is 1.75 bits per heavy atom. The van der Waals surface area contributed by atoms with Crippen LogP contribution in [0, 0.1) is 0 Å². The maximum absolute atomic E-state index is 3.78. The van der Waals surface area contributed by atoms with Crippen LogP contribution < -0.4 is 0 Å². The fourth-order valence-electron chi connectivity index (χ4n) is 0.749. The van der Waals surface area contributed by atoms with Crippen molar-refractivity contribution < 1.29 is 4.58 Å². The summed E-state index contributed by atoms with van der Waals surface area (Å²) in [6.07, 6.45) is 6.16. The van der Waals surface area contributed by atoms with Crippen LogP contribution in [0.4, 0.5) is 0 Å². The predicted molar refractivity (Wildman–Crippen MR) is 35.4 cm³/mol. The van der Waals surface area contributed by atoms with E-state index in [-0.39, 0.29) is 0 Å². The van der Waals surface area contributed by atoms with Gasteiger partial charge in [0.15, 0.2) is 12.8 Å². The van der Waals surface area contributed by atoms with Crippen LogP contribution in [0.15, 0.2) is 24.3 Å². The largest absolute Gasteiger partial charge is 0.234 e. The third-order valence-electron chi connectivity index (χ3n) is 1.11. The van der Waals surface area contributed by atoms with Crippen LogP contribution in [0.25, 0.3) is 0 Å². The molecule has 0 atom stereocenters. The molecule has 0 aromatic rings. The lowest BCUT2D eigenvalue weighted by molar-refractivity contribution is -0.481. The molecule has 1 aliphatic rings. The zero-order valence-electron chi connectivity index (χ0n) is 5.09. The average Bonchev–Trinajstić information content (AvgIpc) is 1.64. The highest BCUT2D eigenvalue weighted by molar-refractivity contribution is 5.77. The maximum Gasteiger partial charge on any atom is 0.170 e.